The quantitative estimate of drug-likeness (QED) is 0.120. The van der Waals surface area contributed by atoms with Gasteiger partial charge in [0.1, 0.15) is 4.88 Å². The summed E-state index contributed by atoms with van der Waals surface area (Å²) < 4.78 is 0. The Morgan fingerprint density at radius 2 is 1.12 bits per heavy atom. The van der Waals surface area contributed by atoms with Crippen molar-refractivity contribution in [2.24, 2.45) is 5.92 Å². The van der Waals surface area contributed by atoms with Crippen LogP contribution in [0.5, 0.6) is 0 Å². The first-order valence-electron chi connectivity index (χ1n) is 14.6. The Bertz CT molecular complexity index is 683. The van der Waals surface area contributed by atoms with Gasteiger partial charge in [-0.15, -0.1) is 11.3 Å². The molecule has 1 unspecified atom stereocenters. The van der Waals surface area contributed by atoms with Gasteiger partial charge < -0.3 is 4.90 Å². The average Bonchev–Trinajstić information content (AvgIpc) is 3.40. The molecule has 1 aliphatic rings. The van der Waals surface area contributed by atoms with Gasteiger partial charge in [-0.1, -0.05) is 129 Å². The molecule has 0 bridgehead atoms. The van der Waals surface area contributed by atoms with E-state index in [9.17, 15) is 9.59 Å². The number of hydrogen-bond acceptors (Lipinski definition) is 3. The van der Waals surface area contributed by atoms with Crippen LogP contribution in [0.3, 0.4) is 0 Å². The summed E-state index contributed by atoms with van der Waals surface area (Å²) in [7, 11) is 0. The SMILES string of the molecule is CCCCCCCCCCCCC(CCCCCCCCCC)CN1C(=O)C(=O)c2sccc21. The predicted octanol–water partition coefficient (Wildman–Crippen LogP) is 9.74. The van der Waals surface area contributed by atoms with E-state index in [1.807, 2.05) is 11.4 Å². The highest BCUT2D eigenvalue weighted by molar-refractivity contribution is 7.14. The van der Waals surface area contributed by atoms with Gasteiger partial charge >= 0.3 is 0 Å². The summed E-state index contributed by atoms with van der Waals surface area (Å²) in [6.45, 7) is 5.27. The van der Waals surface area contributed by atoms with Crippen molar-refractivity contribution in [1.82, 2.24) is 0 Å². The minimum absolute atomic E-state index is 0.297. The fraction of sp³-hybridized carbons (Fsp3) is 0.800. The number of Topliss-reactive ketones (excluding diaryl/α,β-unsaturated/α-hetero) is 1. The number of nitrogens with zero attached hydrogens (tertiary/aromatic N) is 1. The molecule has 1 aromatic heterocycles. The van der Waals surface area contributed by atoms with Crippen molar-refractivity contribution in [2.45, 2.75) is 142 Å². The molecule has 34 heavy (non-hydrogen) atoms. The number of thiophene rings is 1. The number of carbonyl (C=O) groups excluding carboxylic acids is 2. The van der Waals surface area contributed by atoms with Crippen molar-refractivity contribution in [2.75, 3.05) is 11.4 Å². The number of unbranched alkanes of at least 4 members (excludes halogenated alkanes) is 16. The number of rotatable bonds is 22. The summed E-state index contributed by atoms with van der Waals surface area (Å²) in [6.07, 6.45) is 26.6. The normalized spacial score (nSPS) is 14.2. The fourth-order valence-electron chi connectivity index (χ4n) is 5.27. The topological polar surface area (TPSA) is 37.4 Å². The monoisotopic (exact) mass is 489 g/mol. The molecular weight excluding hydrogens is 438 g/mol. The van der Waals surface area contributed by atoms with Crippen LogP contribution in [0.25, 0.3) is 0 Å². The van der Waals surface area contributed by atoms with E-state index in [1.165, 1.54) is 140 Å². The largest absolute Gasteiger partial charge is 0.304 e. The van der Waals surface area contributed by atoms with Crippen LogP contribution >= 0.6 is 11.3 Å². The molecule has 3 nitrogen and oxygen atoms in total. The Balaban J connectivity index is 1.70. The van der Waals surface area contributed by atoms with Crippen molar-refractivity contribution in [3.8, 4) is 0 Å². The molecule has 2 heterocycles. The van der Waals surface area contributed by atoms with Crippen molar-refractivity contribution < 1.29 is 9.59 Å². The maximum atomic E-state index is 12.6. The van der Waals surface area contributed by atoms with Gasteiger partial charge in [-0.05, 0) is 30.2 Å². The molecule has 4 heteroatoms. The molecule has 1 amide bonds. The summed E-state index contributed by atoms with van der Waals surface area (Å²) >= 11 is 1.41. The zero-order chi connectivity index (χ0) is 24.4. The number of carbonyl (C=O) groups is 2. The highest BCUT2D eigenvalue weighted by Crippen LogP contribution is 2.35. The third kappa shape index (κ3) is 10.6. The first-order chi connectivity index (χ1) is 16.7. The van der Waals surface area contributed by atoms with E-state index in [2.05, 4.69) is 13.8 Å². The number of hydrogen-bond donors (Lipinski definition) is 0. The summed E-state index contributed by atoms with van der Waals surface area (Å²) in [5.74, 6) is -0.0858. The van der Waals surface area contributed by atoms with Crippen LogP contribution < -0.4 is 4.90 Å². The molecule has 0 saturated carbocycles. The van der Waals surface area contributed by atoms with E-state index >= 15 is 0 Å². The molecular formula is C30H51NO2S. The molecule has 0 N–H and O–H groups in total. The molecule has 0 spiro atoms. The van der Waals surface area contributed by atoms with Crippen LogP contribution in [0.4, 0.5) is 5.69 Å². The second-order valence-electron chi connectivity index (χ2n) is 10.5. The van der Waals surface area contributed by atoms with Gasteiger partial charge in [0, 0.05) is 6.54 Å². The second kappa shape index (κ2) is 18.2. The predicted molar refractivity (Wildman–Crippen MR) is 148 cm³/mol. The third-order valence-electron chi connectivity index (χ3n) is 7.45. The van der Waals surface area contributed by atoms with Crippen LogP contribution in [0, 0.1) is 5.92 Å². The number of fused-ring (bicyclic) bond motifs is 1. The van der Waals surface area contributed by atoms with Crippen LogP contribution in [0.15, 0.2) is 11.4 Å². The number of anilines is 1. The second-order valence-corrected chi connectivity index (χ2v) is 11.4. The summed E-state index contributed by atoms with van der Waals surface area (Å²) in [4.78, 5) is 27.3. The molecule has 1 aromatic rings. The Morgan fingerprint density at radius 1 is 0.676 bits per heavy atom. The van der Waals surface area contributed by atoms with Crippen molar-refractivity contribution >= 4 is 28.7 Å². The van der Waals surface area contributed by atoms with Gasteiger partial charge in [0.25, 0.3) is 11.7 Å². The molecule has 1 atom stereocenters. The summed E-state index contributed by atoms with van der Waals surface area (Å²) in [5, 5.41) is 1.94. The molecule has 0 aromatic carbocycles. The van der Waals surface area contributed by atoms with Crippen LogP contribution in [0.2, 0.25) is 0 Å². The summed E-state index contributed by atoms with van der Waals surface area (Å²) in [6, 6.07) is 1.96. The van der Waals surface area contributed by atoms with Gasteiger partial charge in [-0.2, -0.15) is 0 Å². The standard InChI is InChI=1S/C30H51NO2S/c1-3-5-7-9-11-13-14-16-18-20-22-26(21-19-17-15-12-10-8-6-4-2)25-31-27-23-24-34-29(27)28(32)30(31)33/h23-24,26H,3-22,25H2,1-2H3. The van der Waals surface area contributed by atoms with E-state index in [1.54, 1.807) is 4.90 Å². The maximum absolute atomic E-state index is 12.6. The average molecular weight is 490 g/mol. The van der Waals surface area contributed by atoms with E-state index in [0.717, 1.165) is 12.2 Å². The Hall–Kier alpha value is -1.16. The molecule has 0 radical (unpaired) electrons. The van der Waals surface area contributed by atoms with Crippen LogP contribution in [-0.4, -0.2) is 18.2 Å². The Kier molecular flexibility index (Phi) is 15.5. The number of amides is 1. The lowest BCUT2D eigenvalue weighted by Gasteiger charge is -2.24. The van der Waals surface area contributed by atoms with Crippen molar-refractivity contribution in [1.29, 1.82) is 0 Å². The van der Waals surface area contributed by atoms with E-state index < -0.39 is 0 Å². The lowest BCUT2D eigenvalue weighted by Crippen LogP contribution is -2.34. The van der Waals surface area contributed by atoms with Gasteiger partial charge in [0.2, 0.25) is 0 Å². The van der Waals surface area contributed by atoms with Gasteiger partial charge in [0.05, 0.1) is 5.69 Å². The minimum Gasteiger partial charge on any atom is -0.304 e. The van der Waals surface area contributed by atoms with E-state index in [-0.39, 0.29) is 11.7 Å². The molecule has 0 saturated heterocycles. The van der Waals surface area contributed by atoms with Gasteiger partial charge in [0.15, 0.2) is 0 Å². The Labute approximate surface area is 214 Å². The van der Waals surface area contributed by atoms with E-state index in [0.29, 0.717) is 10.8 Å². The lowest BCUT2D eigenvalue weighted by atomic mass is 9.93. The van der Waals surface area contributed by atoms with Gasteiger partial charge in [-0.25, -0.2) is 0 Å². The van der Waals surface area contributed by atoms with Gasteiger partial charge in [-0.3, -0.25) is 9.59 Å². The zero-order valence-corrected chi connectivity index (χ0v) is 23.1. The minimum atomic E-state index is -0.300. The molecule has 0 aliphatic carbocycles. The highest BCUT2D eigenvalue weighted by atomic mass is 32.1. The maximum Gasteiger partial charge on any atom is 0.300 e. The summed E-state index contributed by atoms with van der Waals surface area (Å²) in [5.41, 5.74) is 0.865. The van der Waals surface area contributed by atoms with Crippen molar-refractivity contribution in [3.63, 3.8) is 0 Å². The smallest absolute Gasteiger partial charge is 0.300 e. The lowest BCUT2D eigenvalue weighted by molar-refractivity contribution is -0.114. The first-order valence-corrected chi connectivity index (χ1v) is 15.5. The van der Waals surface area contributed by atoms with Crippen LogP contribution in [-0.2, 0) is 4.79 Å². The zero-order valence-electron chi connectivity index (χ0n) is 22.3. The van der Waals surface area contributed by atoms with Crippen LogP contribution in [0.1, 0.15) is 152 Å². The van der Waals surface area contributed by atoms with E-state index in [4.69, 9.17) is 0 Å². The highest BCUT2D eigenvalue weighted by Gasteiger charge is 2.37. The first kappa shape index (κ1) is 29.1. The third-order valence-corrected chi connectivity index (χ3v) is 8.36. The Morgan fingerprint density at radius 3 is 1.59 bits per heavy atom. The molecule has 1 aliphatic heterocycles. The molecule has 194 valence electrons. The number of ketones is 1. The molecule has 2 rings (SSSR count). The molecule has 0 fully saturated rings. The fourth-order valence-corrected chi connectivity index (χ4v) is 6.09. The van der Waals surface area contributed by atoms with Crippen molar-refractivity contribution in [3.05, 3.63) is 16.3 Å².